The predicted molar refractivity (Wildman–Crippen MR) is 73.4 cm³/mol. The maximum atomic E-state index is 13.8. The molecule has 0 saturated carbocycles. The van der Waals surface area contributed by atoms with Crippen molar-refractivity contribution in [3.63, 3.8) is 0 Å². The Bertz CT molecular complexity index is 634. The maximum absolute atomic E-state index is 13.8. The van der Waals surface area contributed by atoms with Crippen LogP contribution in [0.2, 0.25) is 0 Å². The van der Waals surface area contributed by atoms with E-state index in [4.69, 9.17) is 15.2 Å². The van der Waals surface area contributed by atoms with Gasteiger partial charge in [-0.1, -0.05) is 0 Å². The highest BCUT2D eigenvalue weighted by atomic mass is 32.2. The van der Waals surface area contributed by atoms with Crippen LogP contribution >= 0.6 is 0 Å². The molecular weight excluding hydrogens is 299 g/mol. The topological polar surface area (TPSA) is 81.9 Å². The van der Waals surface area contributed by atoms with E-state index in [1.54, 1.807) is 0 Å². The van der Waals surface area contributed by atoms with E-state index in [9.17, 15) is 12.8 Å². The highest BCUT2D eigenvalue weighted by molar-refractivity contribution is 7.89. The van der Waals surface area contributed by atoms with Gasteiger partial charge in [0, 0.05) is 31.6 Å². The Kier molecular flexibility index (Phi) is 3.64. The number of benzene rings is 1. The standard InChI is InChI=1S/C13H17FN2O4S/c14-11-2-1-10(15)9-12(11)21(17,18)16-5-3-13(4-6-16)19-7-8-20-13/h1-2,9H,3-8,15H2. The fraction of sp³-hybridized carbons (Fsp3) is 0.538. The molecule has 1 aromatic rings. The minimum atomic E-state index is -3.89. The summed E-state index contributed by atoms with van der Waals surface area (Å²) in [5.41, 5.74) is 5.77. The Labute approximate surface area is 122 Å². The van der Waals surface area contributed by atoms with Crippen LogP contribution in [0.1, 0.15) is 12.8 Å². The molecule has 2 heterocycles. The molecule has 2 aliphatic rings. The van der Waals surface area contributed by atoms with E-state index in [1.807, 2.05) is 0 Å². The highest BCUT2D eigenvalue weighted by Crippen LogP contribution is 2.34. The van der Waals surface area contributed by atoms with Gasteiger partial charge >= 0.3 is 0 Å². The molecule has 2 N–H and O–H groups in total. The first-order valence-corrected chi connectivity index (χ1v) is 8.20. The predicted octanol–water partition coefficient (Wildman–Crippen LogP) is 0.935. The average Bonchev–Trinajstić information content (AvgIpc) is 2.90. The Balaban J connectivity index is 1.82. The molecule has 2 aliphatic heterocycles. The van der Waals surface area contributed by atoms with Crippen molar-refractivity contribution in [1.82, 2.24) is 4.31 Å². The number of anilines is 1. The van der Waals surface area contributed by atoms with Gasteiger partial charge in [-0.3, -0.25) is 0 Å². The summed E-state index contributed by atoms with van der Waals surface area (Å²) in [5, 5.41) is 0. The summed E-state index contributed by atoms with van der Waals surface area (Å²) in [6.45, 7) is 1.51. The lowest BCUT2D eigenvalue weighted by Gasteiger charge is -2.36. The number of rotatable bonds is 2. The van der Waals surface area contributed by atoms with Gasteiger partial charge in [-0.25, -0.2) is 12.8 Å². The van der Waals surface area contributed by atoms with Crippen molar-refractivity contribution >= 4 is 15.7 Å². The molecule has 1 spiro atoms. The molecule has 0 amide bonds. The second-order valence-electron chi connectivity index (χ2n) is 5.20. The SMILES string of the molecule is Nc1ccc(F)c(S(=O)(=O)N2CCC3(CC2)OCCO3)c1. The number of nitrogens with two attached hydrogens (primary N) is 1. The van der Waals surface area contributed by atoms with Crippen molar-refractivity contribution in [2.24, 2.45) is 0 Å². The number of nitrogen functional groups attached to an aromatic ring is 1. The first-order valence-electron chi connectivity index (χ1n) is 6.76. The van der Waals surface area contributed by atoms with Crippen LogP contribution in [-0.2, 0) is 19.5 Å². The van der Waals surface area contributed by atoms with E-state index in [1.165, 1.54) is 10.4 Å². The molecule has 2 fully saturated rings. The van der Waals surface area contributed by atoms with Crippen molar-refractivity contribution in [2.75, 3.05) is 32.0 Å². The van der Waals surface area contributed by atoms with Gasteiger partial charge in [-0.05, 0) is 18.2 Å². The van der Waals surface area contributed by atoms with Crippen LogP contribution in [0.3, 0.4) is 0 Å². The first-order chi connectivity index (χ1) is 9.93. The number of hydrogen-bond donors (Lipinski definition) is 1. The number of halogens is 1. The van der Waals surface area contributed by atoms with Crippen molar-refractivity contribution in [2.45, 2.75) is 23.5 Å². The van der Waals surface area contributed by atoms with E-state index in [0.29, 0.717) is 26.1 Å². The van der Waals surface area contributed by atoms with Gasteiger partial charge in [0.1, 0.15) is 10.7 Å². The van der Waals surface area contributed by atoms with Gasteiger partial charge in [-0.15, -0.1) is 0 Å². The second-order valence-corrected chi connectivity index (χ2v) is 7.11. The van der Waals surface area contributed by atoms with E-state index < -0.39 is 21.6 Å². The van der Waals surface area contributed by atoms with Gasteiger partial charge in [0.05, 0.1) is 13.2 Å². The molecule has 0 aromatic heterocycles. The van der Waals surface area contributed by atoms with Crippen LogP contribution in [0, 0.1) is 5.82 Å². The van der Waals surface area contributed by atoms with Crippen molar-refractivity contribution < 1.29 is 22.3 Å². The number of hydrogen-bond acceptors (Lipinski definition) is 5. The van der Waals surface area contributed by atoms with Crippen molar-refractivity contribution in [3.8, 4) is 0 Å². The molecule has 21 heavy (non-hydrogen) atoms. The largest absolute Gasteiger partial charge is 0.399 e. The molecular formula is C13H17FN2O4S. The molecule has 2 saturated heterocycles. The van der Waals surface area contributed by atoms with Gasteiger partial charge in [-0.2, -0.15) is 4.31 Å². The molecule has 0 bridgehead atoms. The molecule has 3 rings (SSSR count). The molecule has 1 aromatic carbocycles. The summed E-state index contributed by atoms with van der Waals surface area (Å²) in [5.74, 6) is -1.46. The molecule has 8 heteroatoms. The third-order valence-electron chi connectivity index (χ3n) is 3.87. The minimum absolute atomic E-state index is 0.214. The Hall–Kier alpha value is -1.22. The Morgan fingerprint density at radius 2 is 1.81 bits per heavy atom. The molecule has 0 radical (unpaired) electrons. The minimum Gasteiger partial charge on any atom is -0.399 e. The Morgan fingerprint density at radius 1 is 1.19 bits per heavy atom. The lowest BCUT2D eigenvalue weighted by atomic mass is 10.1. The summed E-state index contributed by atoms with van der Waals surface area (Å²) in [6, 6.07) is 3.55. The quantitative estimate of drug-likeness (QED) is 0.821. The highest BCUT2D eigenvalue weighted by Gasteiger charge is 2.43. The van der Waals surface area contributed by atoms with Gasteiger partial charge < -0.3 is 15.2 Å². The first kappa shape index (κ1) is 14.7. The third kappa shape index (κ3) is 2.64. The molecule has 0 atom stereocenters. The average molecular weight is 316 g/mol. The number of ether oxygens (including phenoxy) is 2. The van der Waals surface area contributed by atoms with Crippen molar-refractivity contribution in [1.29, 1.82) is 0 Å². The zero-order chi connectivity index (χ0) is 15.1. The maximum Gasteiger partial charge on any atom is 0.246 e. The smallest absolute Gasteiger partial charge is 0.246 e. The Morgan fingerprint density at radius 3 is 2.43 bits per heavy atom. The van der Waals surface area contributed by atoms with E-state index >= 15 is 0 Å². The molecule has 6 nitrogen and oxygen atoms in total. The van der Waals surface area contributed by atoms with Gasteiger partial charge in [0.15, 0.2) is 5.79 Å². The summed E-state index contributed by atoms with van der Waals surface area (Å²) in [6.07, 6.45) is 0.881. The fourth-order valence-electron chi connectivity index (χ4n) is 2.71. The van der Waals surface area contributed by atoms with E-state index in [0.717, 1.165) is 12.1 Å². The monoisotopic (exact) mass is 316 g/mol. The zero-order valence-corrected chi connectivity index (χ0v) is 12.2. The van der Waals surface area contributed by atoms with E-state index in [2.05, 4.69) is 0 Å². The fourth-order valence-corrected chi connectivity index (χ4v) is 4.25. The third-order valence-corrected chi connectivity index (χ3v) is 5.78. The van der Waals surface area contributed by atoms with Crippen LogP contribution < -0.4 is 5.73 Å². The van der Waals surface area contributed by atoms with Crippen LogP contribution in [0.4, 0.5) is 10.1 Å². The van der Waals surface area contributed by atoms with E-state index in [-0.39, 0.29) is 23.7 Å². The zero-order valence-electron chi connectivity index (χ0n) is 11.4. The summed E-state index contributed by atoms with van der Waals surface area (Å²) in [7, 11) is -3.89. The lowest BCUT2D eigenvalue weighted by molar-refractivity contribution is -0.179. The normalized spacial score (nSPS) is 22.7. The summed E-state index contributed by atoms with van der Waals surface area (Å²) >= 11 is 0. The molecule has 0 unspecified atom stereocenters. The summed E-state index contributed by atoms with van der Waals surface area (Å²) in [4.78, 5) is -0.383. The van der Waals surface area contributed by atoms with Gasteiger partial charge in [0.25, 0.3) is 0 Å². The van der Waals surface area contributed by atoms with Crippen LogP contribution in [0.5, 0.6) is 0 Å². The number of nitrogens with zero attached hydrogens (tertiary/aromatic N) is 1. The summed E-state index contributed by atoms with van der Waals surface area (Å²) < 4.78 is 51.2. The number of sulfonamides is 1. The molecule has 0 aliphatic carbocycles. The van der Waals surface area contributed by atoms with Gasteiger partial charge in [0.2, 0.25) is 10.0 Å². The van der Waals surface area contributed by atoms with Crippen molar-refractivity contribution in [3.05, 3.63) is 24.0 Å². The lowest BCUT2D eigenvalue weighted by Crippen LogP contribution is -2.47. The number of piperidine rings is 1. The molecule has 116 valence electrons. The van der Waals surface area contributed by atoms with Crippen LogP contribution in [-0.4, -0.2) is 44.8 Å². The van der Waals surface area contributed by atoms with Crippen LogP contribution in [0.15, 0.2) is 23.1 Å². The van der Waals surface area contributed by atoms with Crippen LogP contribution in [0.25, 0.3) is 0 Å². The second kappa shape index (κ2) is 5.20.